The number of aryl methyl sites for hydroxylation is 1. The van der Waals surface area contributed by atoms with Crippen LogP contribution in [0.25, 0.3) is 32.3 Å². The van der Waals surface area contributed by atoms with Gasteiger partial charge in [-0.15, -0.1) is 12.6 Å². The monoisotopic (exact) mass is 1550 g/mol. The van der Waals surface area contributed by atoms with Gasteiger partial charge in [0.05, 0.1) is 38.3 Å². The minimum atomic E-state index is 0.146. The number of hydrogen-bond donors (Lipinski definition) is 9. The Kier molecular flexibility index (Phi) is 122. The molecule has 0 saturated heterocycles. The van der Waals surface area contributed by atoms with Gasteiger partial charge in [-0.2, -0.15) is 20.8 Å². The van der Waals surface area contributed by atoms with Crippen LogP contribution < -0.4 is 39.7 Å². The molecule has 3 aromatic heterocycles. The molecule has 9 aromatic rings. The Labute approximate surface area is 613 Å². The highest BCUT2D eigenvalue weighted by molar-refractivity contribution is 9.12. The SMILES string of the molecule is CC.CC.CC.CC.CC.CC.CCC.CCC.CCC.CCC.CCC.CCC.CNc1ccccc1N.Cn1c(N)nc2ccccc21.N#CBr.N#CBr.N#CBr.Nc1ccccc1O.Nc1ccccc1S.Nc1nc2ccccc2o1.Nc1nc2ccccc2s1. The number of anilines is 7. The van der Waals surface area contributed by atoms with Gasteiger partial charge in [0.15, 0.2) is 10.7 Å². The van der Waals surface area contributed by atoms with E-state index in [0.29, 0.717) is 16.8 Å². The van der Waals surface area contributed by atoms with Crippen LogP contribution in [-0.2, 0) is 7.05 Å². The molecule has 540 valence electrons. The number of hydrogen-bond acceptors (Lipinski definition) is 17. The average Bonchev–Trinajstić information content (AvgIpc) is 1.71. The van der Waals surface area contributed by atoms with Crippen LogP contribution in [0.5, 0.6) is 5.75 Å². The first kappa shape index (κ1) is 115. The maximum atomic E-state index is 8.79. The number of nitrogens with one attached hydrogen (secondary N) is 1. The molecule has 0 aliphatic rings. The number of fused-ring (bicyclic) bond motifs is 3. The molecule has 95 heavy (non-hydrogen) atoms. The standard InChI is InChI=1S/C8H9N3.C7H6N2O.C7H6N2S.C7H10N2.C6H7NO.C6H7NS.6C3H8.6C2H6.3CBrN/c1-11-7-5-3-2-4-6(7)10-8(11)9;2*8-7-9-5-3-1-2-4-6(5)10-7;1-9-7-5-3-2-4-6(7)8;2*7-5-3-1-2-4-6(5)8;6*1-3-2;6*1-2;3*2-1-3/h2-5H,1H3,(H2,9,10);2*1-4H,(H2,8,9);2-5,9H,8H2,1H3;2*1-4,8H,7H2;6*3H2,1-2H3;6*1-2H3;;;. The van der Waals surface area contributed by atoms with Gasteiger partial charge in [-0.25, -0.2) is 9.97 Å². The number of benzene rings is 6. The molecule has 0 radical (unpaired) electrons. The number of oxazole rings is 1. The van der Waals surface area contributed by atoms with E-state index in [1.807, 2.05) is 223 Å². The Morgan fingerprint density at radius 1 is 0.463 bits per heavy atom. The zero-order chi connectivity index (χ0) is 76.8. The molecule has 0 saturated carbocycles. The predicted molar refractivity (Wildman–Crippen MR) is 446 cm³/mol. The van der Waals surface area contributed by atoms with Crippen LogP contribution in [0.2, 0.25) is 0 Å². The lowest BCUT2D eigenvalue weighted by Gasteiger charge is -2.01. The molecule has 0 amide bonds. The molecule has 0 atom stereocenters. The van der Waals surface area contributed by atoms with Crippen LogP contribution in [0, 0.1) is 30.7 Å². The molecule has 21 heteroatoms. The molecular weight excluding hydrogens is 1420 g/mol. The fourth-order valence-electron chi connectivity index (χ4n) is 4.64. The fraction of sp³-hybridized carbons (Fsp3) is 0.432. The van der Waals surface area contributed by atoms with E-state index in [-0.39, 0.29) is 11.8 Å². The summed E-state index contributed by atoms with van der Waals surface area (Å²) in [5.41, 5.74) is 40.2. The summed E-state index contributed by atoms with van der Waals surface area (Å²) in [6.45, 7) is 49.5. The summed E-state index contributed by atoms with van der Waals surface area (Å²) in [5.74, 6) is 0.707. The van der Waals surface area contributed by atoms with E-state index in [9.17, 15) is 0 Å². The van der Waals surface area contributed by atoms with Gasteiger partial charge in [0.2, 0.25) is 5.95 Å². The van der Waals surface area contributed by atoms with Gasteiger partial charge in [0.1, 0.15) is 26.2 Å². The Bertz CT molecular complexity index is 2740. The van der Waals surface area contributed by atoms with Crippen LogP contribution in [0.3, 0.4) is 0 Å². The van der Waals surface area contributed by atoms with Crippen LogP contribution in [0.4, 0.5) is 39.8 Å². The number of rotatable bonds is 1. The Hall–Kier alpha value is -7.19. The third-order valence-corrected chi connectivity index (χ3v) is 8.82. The van der Waals surface area contributed by atoms with E-state index >= 15 is 0 Å². The number of phenols is 1. The Morgan fingerprint density at radius 2 is 0.789 bits per heavy atom. The molecule has 0 spiro atoms. The lowest BCUT2D eigenvalue weighted by molar-refractivity contribution is 0.478. The van der Waals surface area contributed by atoms with Crippen molar-refractivity contribution in [3.8, 4) is 20.7 Å². The highest BCUT2D eigenvalue weighted by atomic mass is 79.9. The van der Waals surface area contributed by atoms with Crippen LogP contribution in [0.15, 0.2) is 155 Å². The van der Waals surface area contributed by atoms with Crippen LogP contribution in [-0.4, -0.2) is 31.7 Å². The van der Waals surface area contributed by atoms with E-state index in [2.05, 4.69) is 164 Å². The van der Waals surface area contributed by atoms with Crippen LogP contribution >= 0.6 is 71.8 Å². The van der Waals surface area contributed by atoms with E-state index in [4.69, 9.17) is 59.7 Å². The summed E-state index contributed by atoms with van der Waals surface area (Å²) in [6, 6.07) is 45.3. The maximum absolute atomic E-state index is 8.79. The summed E-state index contributed by atoms with van der Waals surface area (Å²) in [6.07, 6.45) is 7.50. The number of aromatic hydroxyl groups is 1. The van der Waals surface area contributed by atoms with Gasteiger partial charge in [-0.05, 0) is 72.8 Å². The van der Waals surface area contributed by atoms with Crippen molar-refractivity contribution >= 4 is 144 Å². The number of thiol groups is 1. The quantitative estimate of drug-likeness (QED) is 0.0419. The lowest BCUT2D eigenvalue weighted by Crippen LogP contribution is -1.95. The third kappa shape index (κ3) is 79.2. The first-order valence-electron chi connectivity index (χ1n) is 32.7. The van der Waals surface area contributed by atoms with E-state index < -0.39 is 0 Å². The second-order valence-corrected chi connectivity index (χ2v) is 18.6. The average molecular weight is 1550 g/mol. The molecule has 9 rings (SSSR count). The zero-order valence-corrected chi connectivity index (χ0v) is 69.5. The normalized spacial score (nSPS) is 7.57. The number of nitrogens with zero attached hydrogens (tertiary/aromatic N) is 7. The smallest absolute Gasteiger partial charge is 0.292 e. The van der Waals surface area contributed by atoms with Crippen molar-refractivity contribution < 1.29 is 9.52 Å². The summed E-state index contributed by atoms with van der Waals surface area (Å²) in [5, 5.41) is 34.1. The molecule has 0 fully saturated rings. The number of nitrogens with two attached hydrogens (primary N) is 6. The minimum absolute atomic E-state index is 0.146. The molecule has 0 bridgehead atoms. The van der Waals surface area contributed by atoms with Gasteiger partial charge in [-0.3, -0.25) is 0 Å². The first-order chi connectivity index (χ1) is 45.7. The number of halogens is 3. The Morgan fingerprint density at radius 3 is 1.11 bits per heavy atom. The summed E-state index contributed by atoms with van der Waals surface area (Å²) >= 11 is 12.9. The van der Waals surface area contributed by atoms with Crippen molar-refractivity contribution in [1.82, 2.24) is 19.5 Å². The summed E-state index contributed by atoms with van der Waals surface area (Å²) < 4.78 is 8.06. The highest BCUT2D eigenvalue weighted by Crippen LogP contribution is 2.22. The Balaban J connectivity index is -0.0000000789. The number of para-hydroxylation sites is 10. The first-order valence-corrected chi connectivity index (χ1v) is 36.3. The number of aromatic nitrogens is 4. The number of phenolic OH excluding ortho intramolecular Hbond substituents is 1. The molecular formula is C74H129Br3N14O2S2. The second kappa shape index (κ2) is 100. The second-order valence-electron chi connectivity index (χ2n) is 16.0. The van der Waals surface area contributed by atoms with Crippen molar-refractivity contribution in [2.45, 2.75) is 210 Å². The summed E-state index contributed by atoms with van der Waals surface area (Å²) in [7, 11) is 3.76. The number of nitriles is 3. The third-order valence-electron chi connectivity index (χ3n) is 7.55. The molecule has 3 heterocycles. The number of thiazole rings is 1. The topological polar surface area (TPSA) is 316 Å². The minimum Gasteiger partial charge on any atom is -0.506 e. The van der Waals surface area contributed by atoms with E-state index in [1.165, 1.54) is 49.9 Å². The highest BCUT2D eigenvalue weighted by Gasteiger charge is 2.01. The van der Waals surface area contributed by atoms with Gasteiger partial charge in [0.25, 0.3) is 6.01 Å². The predicted octanol–water partition coefficient (Wildman–Crippen LogP) is 25.5. The van der Waals surface area contributed by atoms with Crippen LogP contribution in [0.1, 0.15) is 205 Å². The molecule has 0 aliphatic heterocycles. The fourth-order valence-corrected chi connectivity index (χ4v) is 5.54. The molecule has 6 aromatic carbocycles. The van der Waals surface area contributed by atoms with Crippen molar-refractivity contribution in [2.75, 3.05) is 46.8 Å². The van der Waals surface area contributed by atoms with Crippen molar-refractivity contribution in [3.63, 3.8) is 0 Å². The zero-order valence-electron chi connectivity index (χ0n) is 63.0. The van der Waals surface area contributed by atoms with Crippen molar-refractivity contribution in [3.05, 3.63) is 146 Å². The van der Waals surface area contributed by atoms with Gasteiger partial charge in [-0.1, -0.05) is 289 Å². The lowest BCUT2D eigenvalue weighted by atomic mass is 10.3. The molecule has 0 aliphatic carbocycles. The maximum Gasteiger partial charge on any atom is 0.292 e. The van der Waals surface area contributed by atoms with Gasteiger partial charge >= 0.3 is 0 Å². The van der Waals surface area contributed by atoms with Crippen molar-refractivity contribution in [1.29, 1.82) is 15.8 Å². The molecule has 14 N–H and O–H groups in total. The number of imidazole rings is 1. The van der Waals surface area contributed by atoms with E-state index in [0.717, 1.165) is 54.3 Å². The van der Waals surface area contributed by atoms with Gasteiger partial charge in [0, 0.05) is 72.5 Å². The molecule has 0 unspecified atom stereocenters. The summed E-state index contributed by atoms with van der Waals surface area (Å²) in [4.78, 5) is 17.7. The van der Waals surface area contributed by atoms with E-state index in [1.54, 1.807) is 39.2 Å². The van der Waals surface area contributed by atoms with Crippen molar-refractivity contribution in [2.24, 2.45) is 7.05 Å². The molecule has 16 nitrogen and oxygen atoms in total. The largest absolute Gasteiger partial charge is 0.506 e. The van der Waals surface area contributed by atoms with Gasteiger partial charge < -0.3 is 53.8 Å². The number of nitrogen functional groups attached to an aromatic ring is 6.